The fourth-order valence-electron chi connectivity index (χ4n) is 1.85. The highest BCUT2D eigenvalue weighted by Gasteiger charge is 2.29. The molecule has 7 heteroatoms. The molecule has 1 N–H and O–H groups in total. The Morgan fingerprint density at radius 3 is 2.94 bits per heavy atom. The van der Waals surface area contributed by atoms with Gasteiger partial charge in [0.15, 0.2) is 0 Å². The van der Waals surface area contributed by atoms with Crippen molar-refractivity contribution in [1.29, 1.82) is 0 Å². The maximum absolute atomic E-state index is 10.7. The van der Waals surface area contributed by atoms with Gasteiger partial charge in [0, 0.05) is 18.7 Å². The lowest BCUT2D eigenvalue weighted by atomic mass is 10.1. The SMILES string of the molecule is Cc1cc(N2CC(OCCO)C2)ncc1[N+](=O)[O-]. The highest BCUT2D eigenvalue weighted by atomic mass is 16.6. The van der Waals surface area contributed by atoms with Gasteiger partial charge in [-0.15, -0.1) is 0 Å². The van der Waals surface area contributed by atoms with Gasteiger partial charge in [0.05, 0.1) is 24.2 Å². The van der Waals surface area contributed by atoms with Crippen LogP contribution in [-0.4, -0.2) is 47.4 Å². The van der Waals surface area contributed by atoms with Crippen LogP contribution < -0.4 is 4.90 Å². The molecule has 2 rings (SSSR count). The molecule has 98 valence electrons. The fraction of sp³-hybridized carbons (Fsp3) is 0.545. The standard InChI is InChI=1S/C11H15N3O4/c1-8-4-11(12-5-10(8)14(16)17)13-6-9(7-13)18-3-2-15/h4-5,9,15H,2-3,6-7H2,1H3. The van der Waals surface area contributed by atoms with E-state index in [0.29, 0.717) is 25.3 Å². The third-order valence-electron chi connectivity index (χ3n) is 2.88. The number of hydrogen-bond acceptors (Lipinski definition) is 6. The topological polar surface area (TPSA) is 88.7 Å². The molecule has 0 saturated carbocycles. The maximum atomic E-state index is 10.7. The molecule has 0 aliphatic carbocycles. The number of anilines is 1. The van der Waals surface area contributed by atoms with Crippen LogP contribution in [0.5, 0.6) is 0 Å². The Morgan fingerprint density at radius 1 is 1.67 bits per heavy atom. The number of nitro groups is 1. The largest absolute Gasteiger partial charge is 0.394 e. The summed E-state index contributed by atoms with van der Waals surface area (Å²) in [6, 6.07) is 1.71. The average molecular weight is 253 g/mol. The van der Waals surface area contributed by atoms with E-state index in [0.717, 1.165) is 5.82 Å². The summed E-state index contributed by atoms with van der Waals surface area (Å²) < 4.78 is 5.34. The van der Waals surface area contributed by atoms with E-state index >= 15 is 0 Å². The van der Waals surface area contributed by atoms with Crippen LogP contribution in [0.3, 0.4) is 0 Å². The molecule has 0 amide bonds. The summed E-state index contributed by atoms with van der Waals surface area (Å²) in [4.78, 5) is 16.3. The number of ether oxygens (including phenoxy) is 1. The van der Waals surface area contributed by atoms with Crippen molar-refractivity contribution in [2.24, 2.45) is 0 Å². The van der Waals surface area contributed by atoms with Crippen molar-refractivity contribution in [1.82, 2.24) is 4.98 Å². The second kappa shape index (κ2) is 5.28. The molecule has 1 aliphatic rings. The number of rotatable bonds is 5. The van der Waals surface area contributed by atoms with E-state index in [4.69, 9.17) is 9.84 Å². The van der Waals surface area contributed by atoms with Crippen LogP contribution >= 0.6 is 0 Å². The number of aryl methyl sites for hydroxylation is 1. The van der Waals surface area contributed by atoms with Crippen LogP contribution in [0, 0.1) is 17.0 Å². The van der Waals surface area contributed by atoms with Gasteiger partial charge in [-0.2, -0.15) is 0 Å². The number of pyridine rings is 1. The maximum Gasteiger partial charge on any atom is 0.290 e. The summed E-state index contributed by atoms with van der Waals surface area (Å²) in [5.41, 5.74) is 0.636. The lowest BCUT2D eigenvalue weighted by Gasteiger charge is -2.39. The van der Waals surface area contributed by atoms with Gasteiger partial charge in [0.2, 0.25) is 0 Å². The molecule has 1 aromatic heterocycles. The van der Waals surface area contributed by atoms with Gasteiger partial charge in [-0.3, -0.25) is 10.1 Å². The van der Waals surface area contributed by atoms with Gasteiger partial charge in [-0.25, -0.2) is 4.98 Å². The molecule has 2 heterocycles. The minimum atomic E-state index is -0.435. The van der Waals surface area contributed by atoms with Crippen molar-refractivity contribution >= 4 is 11.5 Å². The summed E-state index contributed by atoms with van der Waals surface area (Å²) in [6.45, 7) is 3.45. The molecule has 1 saturated heterocycles. The summed E-state index contributed by atoms with van der Waals surface area (Å²) in [5.74, 6) is 0.724. The Kier molecular flexibility index (Phi) is 3.73. The Bertz CT molecular complexity index is 446. The molecule has 18 heavy (non-hydrogen) atoms. The van der Waals surface area contributed by atoms with Crippen molar-refractivity contribution in [2.45, 2.75) is 13.0 Å². The van der Waals surface area contributed by atoms with E-state index in [9.17, 15) is 10.1 Å². The van der Waals surface area contributed by atoms with Crippen LogP contribution in [0.2, 0.25) is 0 Å². The summed E-state index contributed by atoms with van der Waals surface area (Å²) in [5, 5.41) is 19.3. The van der Waals surface area contributed by atoms with Crippen molar-refractivity contribution in [3.63, 3.8) is 0 Å². The molecular weight excluding hydrogens is 238 g/mol. The van der Waals surface area contributed by atoms with Crippen LogP contribution in [0.1, 0.15) is 5.56 Å². The molecule has 1 fully saturated rings. The molecule has 0 spiro atoms. The van der Waals surface area contributed by atoms with Crippen molar-refractivity contribution < 1.29 is 14.8 Å². The minimum absolute atomic E-state index is 0.0192. The highest BCUT2D eigenvalue weighted by Crippen LogP contribution is 2.25. The lowest BCUT2D eigenvalue weighted by molar-refractivity contribution is -0.385. The second-order valence-electron chi connectivity index (χ2n) is 4.21. The molecule has 0 bridgehead atoms. The van der Waals surface area contributed by atoms with E-state index in [1.807, 2.05) is 4.90 Å². The minimum Gasteiger partial charge on any atom is -0.394 e. The third kappa shape index (κ3) is 2.57. The number of hydrogen-bond donors (Lipinski definition) is 1. The number of aliphatic hydroxyl groups is 1. The van der Waals surface area contributed by atoms with Crippen molar-refractivity contribution in [2.75, 3.05) is 31.2 Å². The Hall–Kier alpha value is -1.73. The fourth-order valence-corrected chi connectivity index (χ4v) is 1.85. The predicted molar refractivity (Wildman–Crippen MR) is 64.7 cm³/mol. The van der Waals surface area contributed by atoms with E-state index in [1.54, 1.807) is 13.0 Å². The van der Waals surface area contributed by atoms with Crippen LogP contribution in [0.25, 0.3) is 0 Å². The highest BCUT2D eigenvalue weighted by molar-refractivity contribution is 5.50. The molecule has 0 atom stereocenters. The summed E-state index contributed by atoms with van der Waals surface area (Å²) in [7, 11) is 0. The zero-order valence-corrected chi connectivity index (χ0v) is 10.1. The van der Waals surface area contributed by atoms with Gasteiger partial charge in [-0.1, -0.05) is 0 Å². The number of aliphatic hydroxyl groups excluding tert-OH is 1. The van der Waals surface area contributed by atoms with Gasteiger partial charge in [-0.05, 0) is 13.0 Å². The molecule has 7 nitrogen and oxygen atoms in total. The first-order valence-corrected chi connectivity index (χ1v) is 5.70. The van der Waals surface area contributed by atoms with Crippen LogP contribution in [0.4, 0.5) is 11.5 Å². The summed E-state index contributed by atoms with van der Waals surface area (Å²) in [6.07, 6.45) is 1.39. The first kappa shape index (κ1) is 12.7. The predicted octanol–water partition coefficient (Wildman–Crippen LogP) is 0.496. The molecule has 1 aliphatic heterocycles. The zero-order chi connectivity index (χ0) is 13.1. The molecule has 0 radical (unpaired) electrons. The number of aromatic nitrogens is 1. The monoisotopic (exact) mass is 253 g/mol. The Balaban J connectivity index is 1.96. The first-order chi connectivity index (χ1) is 8.61. The van der Waals surface area contributed by atoms with Crippen LogP contribution in [-0.2, 0) is 4.74 Å². The van der Waals surface area contributed by atoms with Gasteiger partial charge in [0.25, 0.3) is 5.69 Å². The Labute approximate surface area is 104 Å². The first-order valence-electron chi connectivity index (χ1n) is 5.70. The van der Waals surface area contributed by atoms with E-state index in [-0.39, 0.29) is 18.4 Å². The zero-order valence-electron chi connectivity index (χ0n) is 10.1. The lowest BCUT2D eigenvalue weighted by Crippen LogP contribution is -2.53. The van der Waals surface area contributed by atoms with Crippen molar-refractivity contribution in [3.8, 4) is 0 Å². The van der Waals surface area contributed by atoms with E-state index in [1.165, 1.54) is 6.20 Å². The quantitative estimate of drug-likeness (QED) is 0.607. The van der Waals surface area contributed by atoms with Crippen molar-refractivity contribution in [3.05, 3.63) is 27.9 Å². The van der Waals surface area contributed by atoms with Gasteiger partial charge < -0.3 is 14.7 Å². The normalized spacial score (nSPS) is 15.6. The number of nitrogens with zero attached hydrogens (tertiary/aromatic N) is 3. The van der Waals surface area contributed by atoms with Crippen LogP contribution in [0.15, 0.2) is 12.3 Å². The van der Waals surface area contributed by atoms with E-state index < -0.39 is 4.92 Å². The molecular formula is C11H15N3O4. The van der Waals surface area contributed by atoms with Gasteiger partial charge >= 0.3 is 0 Å². The second-order valence-corrected chi connectivity index (χ2v) is 4.21. The Morgan fingerprint density at radius 2 is 2.39 bits per heavy atom. The van der Waals surface area contributed by atoms with E-state index in [2.05, 4.69) is 4.98 Å². The summed E-state index contributed by atoms with van der Waals surface area (Å²) >= 11 is 0. The third-order valence-corrected chi connectivity index (χ3v) is 2.88. The smallest absolute Gasteiger partial charge is 0.290 e. The average Bonchev–Trinajstić information content (AvgIpc) is 2.26. The van der Waals surface area contributed by atoms with Gasteiger partial charge in [0.1, 0.15) is 12.0 Å². The molecule has 0 unspecified atom stereocenters. The molecule has 1 aromatic rings. The molecule has 0 aromatic carbocycles.